The van der Waals surface area contributed by atoms with E-state index in [-0.39, 0.29) is 5.91 Å². The van der Waals surface area contributed by atoms with Crippen molar-refractivity contribution in [3.05, 3.63) is 17.0 Å². The van der Waals surface area contributed by atoms with Gasteiger partial charge in [-0.2, -0.15) is 0 Å². The highest BCUT2D eigenvalue weighted by atomic mass is 16.5. The van der Waals surface area contributed by atoms with E-state index in [4.69, 9.17) is 4.52 Å². The van der Waals surface area contributed by atoms with E-state index < -0.39 is 0 Å². The third-order valence-electron chi connectivity index (χ3n) is 2.67. The molecule has 0 aliphatic rings. The van der Waals surface area contributed by atoms with Crippen LogP contribution in [0.1, 0.15) is 37.3 Å². The zero-order chi connectivity index (χ0) is 12.7. The highest BCUT2D eigenvalue weighted by Crippen LogP contribution is 2.15. The number of carbonyl (C=O) groups excluding carboxylic acids is 1. The molecule has 0 saturated carbocycles. The number of amides is 1. The van der Waals surface area contributed by atoms with E-state index >= 15 is 0 Å². The standard InChI is InChI=1S/C12H21N3O2/c1-4-10-9(11(5-2)17-15-10)8-14-12(16)6-7-13-3/h13H,4-8H2,1-3H3,(H,14,16). The molecule has 0 radical (unpaired) electrons. The molecule has 2 N–H and O–H groups in total. The predicted octanol–water partition coefficient (Wildman–Crippen LogP) is 1.03. The van der Waals surface area contributed by atoms with Gasteiger partial charge in [0.2, 0.25) is 5.91 Å². The summed E-state index contributed by atoms with van der Waals surface area (Å²) in [7, 11) is 1.83. The van der Waals surface area contributed by atoms with E-state index in [9.17, 15) is 4.79 Å². The minimum atomic E-state index is 0.0460. The van der Waals surface area contributed by atoms with Crippen LogP contribution in [0, 0.1) is 0 Å². The van der Waals surface area contributed by atoms with Crippen LogP contribution < -0.4 is 10.6 Å². The highest BCUT2D eigenvalue weighted by molar-refractivity contribution is 5.76. The summed E-state index contributed by atoms with van der Waals surface area (Å²) in [5.74, 6) is 0.917. The molecule has 0 spiro atoms. The van der Waals surface area contributed by atoms with Crippen molar-refractivity contribution in [3.8, 4) is 0 Å². The number of rotatable bonds is 7. The zero-order valence-electron chi connectivity index (χ0n) is 10.8. The Hall–Kier alpha value is -1.36. The lowest BCUT2D eigenvalue weighted by Crippen LogP contribution is -2.26. The Labute approximate surface area is 102 Å². The zero-order valence-corrected chi connectivity index (χ0v) is 10.8. The van der Waals surface area contributed by atoms with Crippen molar-refractivity contribution in [2.45, 2.75) is 39.7 Å². The first-order valence-corrected chi connectivity index (χ1v) is 6.10. The Morgan fingerprint density at radius 1 is 1.35 bits per heavy atom. The van der Waals surface area contributed by atoms with Crippen LogP contribution in [-0.4, -0.2) is 24.7 Å². The van der Waals surface area contributed by atoms with Gasteiger partial charge in [0.1, 0.15) is 5.76 Å². The lowest BCUT2D eigenvalue weighted by atomic mass is 10.1. The quantitative estimate of drug-likeness (QED) is 0.745. The first-order valence-electron chi connectivity index (χ1n) is 6.10. The van der Waals surface area contributed by atoms with E-state index in [1.54, 1.807) is 0 Å². The molecule has 0 fully saturated rings. The van der Waals surface area contributed by atoms with Gasteiger partial charge in [-0.05, 0) is 13.5 Å². The van der Waals surface area contributed by atoms with E-state index in [0.717, 1.165) is 29.9 Å². The SMILES string of the molecule is CCc1noc(CC)c1CNC(=O)CCNC. The first-order chi connectivity index (χ1) is 8.22. The van der Waals surface area contributed by atoms with E-state index in [0.29, 0.717) is 19.5 Å². The molecule has 0 aliphatic carbocycles. The summed E-state index contributed by atoms with van der Waals surface area (Å²) in [4.78, 5) is 11.5. The maximum atomic E-state index is 11.5. The van der Waals surface area contributed by atoms with Gasteiger partial charge in [0, 0.05) is 31.5 Å². The fraction of sp³-hybridized carbons (Fsp3) is 0.667. The summed E-state index contributed by atoms with van der Waals surface area (Å²) in [5.41, 5.74) is 1.98. The molecule has 1 aromatic heterocycles. The van der Waals surface area contributed by atoms with Gasteiger partial charge in [-0.3, -0.25) is 4.79 Å². The molecular weight excluding hydrogens is 218 g/mol. The average Bonchev–Trinajstić information content (AvgIpc) is 2.75. The summed E-state index contributed by atoms with van der Waals surface area (Å²) in [5, 5.41) is 9.84. The fourth-order valence-electron chi connectivity index (χ4n) is 1.65. The average molecular weight is 239 g/mol. The van der Waals surface area contributed by atoms with Crippen LogP contribution in [0.15, 0.2) is 4.52 Å². The number of carbonyl (C=O) groups is 1. The van der Waals surface area contributed by atoms with Crippen molar-refractivity contribution in [1.82, 2.24) is 15.8 Å². The molecule has 1 amide bonds. The monoisotopic (exact) mass is 239 g/mol. The van der Waals surface area contributed by atoms with Crippen molar-refractivity contribution in [3.63, 3.8) is 0 Å². The van der Waals surface area contributed by atoms with E-state index in [1.165, 1.54) is 0 Å². The number of aromatic nitrogens is 1. The van der Waals surface area contributed by atoms with Crippen LogP contribution in [0.4, 0.5) is 0 Å². The van der Waals surface area contributed by atoms with Gasteiger partial charge in [0.15, 0.2) is 0 Å². The smallest absolute Gasteiger partial charge is 0.221 e. The lowest BCUT2D eigenvalue weighted by molar-refractivity contribution is -0.121. The molecule has 0 bridgehead atoms. The second-order valence-corrected chi connectivity index (χ2v) is 3.87. The fourth-order valence-corrected chi connectivity index (χ4v) is 1.65. The number of hydrogen-bond donors (Lipinski definition) is 2. The Morgan fingerprint density at radius 2 is 2.12 bits per heavy atom. The second-order valence-electron chi connectivity index (χ2n) is 3.87. The van der Waals surface area contributed by atoms with Crippen LogP contribution in [0.5, 0.6) is 0 Å². The Morgan fingerprint density at radius 3 is 2.71 bits per heavy atom. The third-order valence-corrected chi connectivity index (χ3v) is 2.67. The number of nitrogens with zero attached hydrogens (tertiary/aromatic N) is 1. The number of hydrogen-bond acceptors (Lipinski definition) is 4. The Kier molecular flexibility index (Phi) is 5.69. The third kappa shape index (κ3) is 3.85. The number of aryl methyl sites for hydroxylation is 2. The van der Waals surface area contributed by atoms with Gasteiger partial charge in [0.25, 0.3) is 0 Å². The van der Waals surface area contributed by atoms with Gasteiger partial charge in [0.05, 0.1) is 5.69 Å². The summed E-state index contributed by atoms with van der Waals surface area (Å²) in [6.07, 6.45) is 2.12. The molecule has 0 unspecified atom stereocenters. The van der Waals surface area contributed by atoms with Gasteiger partial charge in [-0.25, -0.2) is 0 Å². The van der Waals surface area contributed by atoms with Crippen molar-refractivity contribution in [2.75, 3.05) is 13.6 Å². The molecule has 5 heteroatoms. The van der Waals surface area contributed by atoms with E-state index in [2.05, 4.69) is 15.8 Å². The van der Waals surface area contributed by atoms with Crippen LogP contribution in [0.2, 0.25) is 0 Å². The van der Waals surface area contributed by atoms with Crippen LogP contribution >= 0.6 is 0 Å². The lowest BCUT2D eigenvalue weighted by Gasteiger charge is -2.05. The van der Waals surface area contributed by atoms with Crippen molar-refractivity contribution >= 4 is 5.91 Å². The van der Waals surface area contributed by atoms with Gasteiger partial charge < -0.3 is 15.2 Å². The van der Waals surface area contributed by atoms with Crippen LogP contribution in [0.3, 0.4) is 0 Å². The molecule has 17 heavy (non-hydrogen) atoms. The first kappa shape index (κ1) is 13.7. The van der Waals surface area contributed by atoms with Crippen molar-refractivity contribution in [2.24, 2.45) is 0 Å². The molecular formula is C12H21N3O2. The topological polar surface area (TPSA) is 67.2 Å². The van der Waals surface area contributed by atoms with Crippen molar-refractivity contribution < 1.29 is 9.32 Å². The summed E-state index contributed by atoms with van der Waals surface area (Å²) < 4.78 is 5.24. The molecule has 1 aromatic rings. The molecule has 5 nitrogen and oxygen atoms in total. The second kappa shape index (κ2) is 7.06. The summed E-state index contributed by atoms with van der Waals surface area (Å²) in [6.45, 7) is 5.25. The molecule has 0 atom stereocenters. The number of nitrogens with one attached hydrogen (secondary N) is 2. The molecule has 96 valence electrons. The van der Waals surface area contributed by atoms with E-state index in [1.807, 2.05) is 20.9 Å². The maximum Gasteiger partial charge on any atom is 0.221 e. The molecule has 1 heterocycles. The van der Waals surface area contributed by atoms with Crippen LogP contribution in [0.25, 0.3) is 0 Å². The van der Waals surface area contributed by atoms with Crippen LogP contribution in [-0.2, 0) is 24.2 Å². The Bertz CT molecular complexity index is 339. The molecule has 0 aliphatic heterocycles. The Balaban J connectivity index is 2.55. The van der Waals surface area contributed by atoms with Gasteiger partial charge >= 0.3 is 0 Å². The van der Waals surface area contributed by atoms with Crippen molar-refractivity contribution in [1.29, 1.82) is 0 Å². The predicted molar refractivity (Wildman–Crippen MR) is 65.6 cm³/mol. The van der Waals surface area contributed by atoms with Gasteiger partial charge in [-0.1, -0.05) is 19.0 Å². The van der Waals surface area contributed by atoms with Gasteiger partial charge in [-0.15, -0.1) is 0 Å². The molecule has 0 aromatic carbocycles. The molecule has 0 saturated heterocycles. The maximum absolute atomic E-state index is 11.5. The highest BCUT2D eigenvalue weighted by Gasteiger charge is 2.13. The minimum absolute atomic E-state index is 0.0460. The summed E-state index contributed by atoms with van der Waals surface area (Å²) in [6, 6.07) is 0. The molecule has 1 rings (SSSR count). The normalized spacial score (nSPS) is 10.5. The minimum Gasteiger partial charge on any atom is -0.361 e. The summed E-state index contributed by atoms with van der Waals surface area (Å²) >= 11 is 0. The largest absolute Gasteiger partial charge is 0.361 e.